The highest BCUT2D eigenvalue weighted by Gasteiger charge is 2.13. The molecule has 1 unspecified atom stereocenters. The summed E-state index contributed by atoms with van der Waals surface area (Å²) in [6, 6.07) is 5.72. The largest absolute Gasteiger partial charge is 0.497 e. The molecule has 0 heterocycles. The minimum absolute atomic E-state index is 0.365. The molecule has 0 saturated heterocycles. The van der Waals surface area contributed by atoms with E-state index >= 15 is 0 Å². The molecule has 0 aromatic heterocycles. The molecule has 1 aromatic rings. The third-order valence-corrected chi connectivity index (χ3v) is 2.50. The van der Waals surface area contributed by atoms with Gasteiger partial charge in [-0.05, 0) is 36.6 Å². The lowest BCUT2D eigenvalue weighted by atomic mass is 9.97. The van der Waals surface area contributed by atoms with Crippen LogP contribution < -0.4 is 4.74 Å². The van der Waals surface area contributed by atoms with Gasteiger partial charge in [0.25, 0.3) is 0 Å². The average molecular weight is 208 g/mol. The van der Waals surface area contributed by atoms with Crippen LogP contribution in [0.5, 0.6) is 5.75 Å². The average Bonchev–Trinajstić information content (AvgIpc) is 2.21. The van der Waals surface area contributed by atoms with E-state index in [1.165, 1.54) is 0 Å². The molecule has 15 heavy (non-hydrogen) atoms. The number of hydrogen-bond acceptors (Lipinski definition) is 2. The van der Waals surface area contributed by atoms with Crippen molar-refractivity contribution in [3.63, 3.8) is 0 Å². The van der Waals surface area contributed by atoms with Crippen LogP contribution in [0.2, 0.25) is 0 Å². The zero-order valence-electron chi connectivity index (χ0n) is 9.28. The SMILES string of the molecule is COc1ccc(C)c(CC(C)C(=O)O)c1. The molecule has 3 heteroatoms. The molecule has 0 fully saturated rings. The van der Waals surface area contributed by atoms with Gasteiger partial charge in [-0.1, -0.05) is 13.0 Å². The summed E-state index contributed by atoms with van der Waals surface area (Å²) in [7, 11) is 1.61. The first-order chi connectivity index (χ1) is 7.04. The first-order valence-corrected chi connectivity index (χ1v) is 4.91. The summed E-state index contributed by atoms with van der Waals surface area (Å²) in [6.07, 6.45) is 0.540. The maximum absolute atomic E-state index is 10.7. The number of hydrogen-bond donors (Lipinski definition) is 1. The Kier molecular flexibility index (Phi) is 3.72. The van der Waals surface area contributed by atoms with Crippen LogP contribution >= 0.6 is 0 Å². The van der Waals surface area contributed by atoms with Crippen LogP contribution in [-0.2, 0) is 11.2 Å². The molecular weight excluding hydrogens is 192 g/mol. The standard InChI is InChI=1S/C12H16O3/c1-8-4-5-11(15-3)7-10(8)6-9(2)12(13)14/h4-5,7,9H,6H2,1-3H3,(H,13,14). The van der Waals surface area contributed by atoms with E-state index in [0.29, 0.717) is 6.42 Å². The molecule has 1 atom stereocenters. The Morgan fingerprint density at radius 3 is 2.73 bits per heavy atom. The number of rotatable bonds is 4. The quantitative estimate of drug-likeness (QED) is 0.825. The summed E-state index contributed by atoms with van der Waals surface area (Å²) >= 11 is 0. The number of methoxy groups -OCH3 is 1. The van der Waals surface area contributed by atoms with E-state index in [-0.39, 0.29) is 5.92 Å². The second kappa shape index (κ2) is 4.82. The molecule has 0 saturated carbocycles. The Labute approximate surface area is 89.7 Å². The minimum atomic E-state index is -0.766. The van der Waals surface area contributed by atoms with Crippen molar-refractivity contribution in [1.29, 1.82) is 0 Å². The highest BCUT2D eigenvalue weighted by atomic mass is 16.5. The van der Waals surface area contributed by atoms with Crippen molar-refractivity contribution in [3.8, 4) is 5.75 Å². The number of carboxylic acid groups (broad SMARTS) is 1. The van der Waals surface area contributed by atoms with Crippen molar-refractivity contribution < 1.29 is 14.6 Å². The Hall–Kier alpha value is -1.51. The lowest BCUT2D eigenvalue weighted by Crippen LogP contribution is -2.12. The number of aliphatic carboxylic acids is 1. The molecule has 0 bridgehead atoms. The number of carbonyl (C=O) groups is 1. The van der Waals surface area contributed by atoms with Crippen LogP contribution in [0.15, 0.2) is 18.2 Å². The normalized spacial score (nSPS) is 12.2. The summed E-state index contributed by atoms with van der Waals surface area (Å²) in [6.45, 7) is 3.69. The highest BCUT2D eigenvalue weighted by molar-refractivity contribution is 5.70. The minimum Gasteiger partial charge on any atom is -0.497 e. The van der Waals surface area contributed by atoms with Crippen molar-refractivity contribution in [2.24, 2.45) is 5.92 Å². The van der Waals surface area contributed by atoms with E-state index in [2.05, 4.69) is 0 Å². The Morgan fingerprint density at radius 2 is 2.20 bits per heavy atom. The first kappa shape index (κ1) is 11.6. The molecule has 0 aliphatic carbocycles. The van der Waals surface area contributed by atoms with E-state index < -0.39 is 5.97 Å². The summed E-state index contributed by atoms with van der Waals surface area (Å²) in [5.41, 5.74) is 2.13. The maximum Gasteiger partial charge on any atom is 0.306 e. The molecular formula is C12H16O3. The fourth-order valence-corrected chi connectivity index (χ4v) is 1.41. The van der Waals surface area contributed by atoms with Crippen LogP contribution in [0, 0.1) is 12.8 Å². The predicted molar refractivity (Wildman–Crippen MR) is 58.2 cm³/mol. The zero-order valence-corrected chi connectivity index (χ0v) is 9.28. The van der Waals surface area contributed by atoms with Crippen molar-refractivity contribution in [2.75, 3.05) is 7.11 Å². The second-order valence-electron chi connectivity index (χ2n) is 3.74. The van der Waals surface area contributed by atoms with E-state index in [1.54, 1.807) is 14.0 Å². The van der Waals surface area contributed by atoms with Crippen LogP contribution in [-0.4, -0.2) is 18.2 Å². The van der Waals surface area contributed by atoms with Crippen LogP contribution in [0.1, 0.15) is 18.1 Å². The molecule has 0 spiro atoms. The summed E-state index contributed by atoms with van der Waals surface area (Å²) in [5, 5.41) is 8.83. The Balaban J connectivity index is 2.88. The first-order valence-electron chi connectivity index (χ1n) is 4.91. The van der Waals surface area contributed by atoms with E-state index in [1.807, 2.05) is 25.1 Å². The van der Waals surface area contributed by atoms with Gasteiger partial charge in [-0.15, -0.1) is 0 Å². The van der Waals surface area contributed by atoms with Crippen molar-refractivity contribution in [2.45, 2.75) is 20.3 Å². The van der Waals surface area contributed by atoms with Gasteiger partial charge in [0.2, 0.25) is 0 Å². The fraction of sp³-hybridized carbons (Fsp3) is 0.417. The van der Waals surface area contributed by atoms with E-state index in [4.69, 9.17) is 9.84 Å². The molecule has 82 valence electrons. The fourth-order valence-electron chi connectivity index (χ4n) is 1.41. The smallest absolute Gasteiger partial charge is 0.306 e. The van der Waals surface area contributed by atoms with E-state index in [0.717, 1.165) is 16.9 Å². The molecule has 0 aliphatic heterocycles. The van der Waals surface area contributed by atoms with Crippen molar-refractivity contribution >= 4 is 5.97 Å². The maximum atomic E-state index is 10.7. The van der Waals surface area contributed by atoms with Crippen LogP contribution in [0.3, 0.4) is 0 Å². The van der Waals surface area contributed by atoms with Gasteiger partial charge in [0, 0.05) is 0 Å². The molecule has 1 N–H and O–H groups in total. The van der Waals surface area contributed by atoms with Crippen molar-refractivity contribution in [1.82, 2.24) is 0 Å². The second-order valence-corrected chi connectivity index (χ2v) is 3.74. The molecule has 3 nitrogen and oxygen atoms in total. The molecule has 0 radical (unpaired) electrons. The lowest BCUT2D eigenvalue weighted by molar-refractivity contribution is -0.141. The highest BCUT2D eigenvalue weighted by Crippen LogP contribution is 2.20. The van der Waals surface area contributed by atoms with Gasteiger partial charge in [-0.25, -0.2) is 0 Å². The summed E-state index contributed by atoms with van der Waals surface area (Å²) in [5.74, 6) is -0.360. The van der Waals surface area contributed by atoms with Gasteiger partial charge < -0.3 is 9.84 Å². The predicted octanol–water partition coefficient (Wildman–Crippen LogP) is 2.27. The lowest BCUT2D eigenvalue weighted by Gasteiger charge is -2.10. The van der Waals surface area contributed by atoms with Gasteiger partial charge in [-0.2, -0.15) is 0 Å². The third-order valence-electron chi connectivity index (χ3n) is 2.50. The topological polar surface area (TPSA) is 46.5 Å². The monoisotopic (exact) mass is 208 g/mol. The zero-order chi connectivity index (χ0) is 11.4. The van der Waals surface area contributed by atoms with Gasteiger partial charge in [0.15, 0.2) is 0 Å². The molecule has 0 amide bonds. The van der Waals surface area contributed by atoms with Crippen LogP contribution in [0.25, 0.3) is 0 Å². The third kappa shape index (κ3) is 2.98. The number of ether oxygens (including phenoxy) is 1. The van der Waals surface area contributed by atoms with Crippen LogP contribution in [0.4, 0.5) is 0 Å². The number of benzene rings is 1. The van der Waals surface area contributed by atoms with Gasteiger partial charge in [0.05, 0.1) is 13.0 Å². The van der Waals surface area contributed by atoms with Gasteiger partial charge >= 0.3 is 5.97 Å². The number of carboxylic acids is 1. The van der Waals surface area contributed by atoms with Crippen molar-refractivity contribution in [3.05, 3.63) is 29.3 Å². The molecule has 1 rings (SSSR count). The van der Waals surface area contributed by atoms with E-state index in [9.17, 15) is 4.79 Å². The Morgan fingerprint density at radius 1 is 1.53 bits per heavy atom. The number of aryl methyl sites for hydroxylation is 1. The molecule has 1 aromatic carbocycles. The van der Waals surface area contributed by atoms with Gasteiger partial charge in [-0.3, -0.25) is 4.79 Å². The summed E-state index contributed by atoms with van der Waals surface area (Å²) < 4.78 is 5.10. The summed E-state index contributed by atoms with van der Waals surface area (Å²) in [4.78, 5) is 10.7. The van der Waals surface area contributed by atoms with Gasteiger partial charge in [0.1, 0.15) is 5.75 Å². The Bertz CT molecular complexity index is 358. The molecule has 0 aliphatic rings.